The topological polar surface area (TPSA) is 21.3 Å². The molecule has 0 unspecified atom stereocenters. The first kappa shape index (κ1) is 11.7. The average Bonchev–Trinajstić information content (AvgIpc) is 2.18. The van der Waals surface area contributed by atoms with Gasteiger partial charge in [-0.3, -0.25) is 0 Å². The number of rotatable bonds is 5. The fraction of sp³-hybridized carbons (Fsp3) is 0.455. The van der Waals surface area contributed by atoms with Crippen LogP contribution in [-0.4, -0.2) is 20.3 Å². The molecule has 14 heavy (non-hydrogen) atoms. The molecule has 78 valence electrons. The molecule has 0 spiro atoms. The van der Waals surface area contributed by atoms with E-state index in [4.69, 9.17) is 4.74 Å². The van der Waals surface area contributed by atoms with E-state index >= 15 is 0 Å². The van der Waals surface area contributed by atoms with Gasteiger partial charge < -0.3 is 10.1 Å². The van der Waals surface area contributed by atoms with E-state index < -0.39 is 0 Å². The Morgan fingerprint density at radius 3 is 2.79 bits per heavy atom. The van der Waals surface area contributed by atoms with Crippen LogP contribution in [0.5, 0.6) is 0 Å². The minimum Gasteiger partial charge on any atom is -0.383 e. The Balaban J connectivity index is 2.51. The lowest BCUT2D eigenvalue weighted by molar-refractivity contribution is 0.196. The number of methoxy groups -OCH3 is 1. The summed E-state index contributed by atoms with van der Waals surface area (Å²) in [6, 6.07) is 8.60. The molecule has 0 fully saturated rings. The van der Waals surface area contributed by atoms with Gasteiger partial charge in [0.1, 0.15) is 0 Å². The summed E-state index contributed by atoms with van der Waals surface area (Å²) >= 11 is 3.53. The van der Waals surface area contributed by atoms with Crippen LogP contribution in [0.2, 0.25) is 0 Å². The first-order valence-corrected chi connectivity index (χ1v) is 5.51. The van der Waals surface area contributed by atoms with Crippen LogP contribution in [0.25, 0.3) is 0 Å². The molecular weight excluding hydrogens is 242 g/mol. The van der Waals surface area contributed by atoms with Crippen molar-refractivity contribution in [2.75, 3.05) is 20.3 Å². The molecular formula is C11H16BrNO. The number of hydrogen-bond donors (Lipinski definition) is 1. The van der Waals surface area contributed by atoms with Crippen molar-refractivity contribution < 1.29 is 4.74 Å². The summed E-state index contributed by atoms with van der Waals surface area (Å²) in [6.45, 7) is 3.77. The number of hydrogen-bond acceptors (Lipinski definition) is 2. The molecule has 0 aliphatic rings. The quantitative estimate of drug-likeness (QED) is 0.820. The van der Waals surface area contributed by atoms with Crippen molar-refractivity contribution >= 4 is 15.9 Å². The highest BCUT2D eigenvalue weighted by Crippen LogP contribution is 2.22. The van der Waals surface area contributed by atoms with E-state index in [9.17, 15) is 0 Å². The third-order valence-electron chi connectivity index (χ3n) is 2.13. The summed E-state index contributed by atoms with van der Waals surface area (Å²) in [7, 11) is 1.71. The van der Waals surface area contributed by atoms with Crippen molar-refractivity contribution in [3.63, 3.8) is 0 Å². The van der Waals surface area contributed by atoms with Crippen LogP contribution < -0.4 is 5.32 Å². The van der Waals surface area contributed by atoms with Gasteiger partial charge in [0.25, 0.3) is 0 Å². The van der Waals surface area contributed by atoms with Gasteiger partial charge in [-0.05, 0) is 18.6 Å². The highest BCUT2D eigenvalue weighted by molar-refractivity contribution is 9.10. The molecule has 1 atom stereocenters. The summed E-state index contributed by atoms with van der Waals surface area (Å²) in [4.78, 5) is 0. The normalized spacial score (nSPS) is 12.8. The Morgan fingerprint density at radius 2 is 2.14 bits per heavy atom. The number of ether oxygens (including phenoxy) is 1. The van der Waals surface area contributed by atoms with Gasteiger partial charge in [-0.1, -0.05) is 34.1 Å². The van der Waals surface area contributed by atoms with Crippen LogP contribution in [0.4, 0.5) is 0 Å². The first-order chi connectivity index (χ1) is 6.75. The van der Waals surface area contributed by atoms with Gasteiger partial charge in [-0.2, -0.15) is 0 Å². The van der Waals surface area contributed by atoms with Crippen LogP contribution >= 0.6 is 15.9 Å². The van der Waals surface area contributed by atoms with Crippen LogP contribution in [-0.2, 0) is 4.74 Å². The van der Waals surface area contributed by atoms with Crippen molar-refractivity contribution in [1.82, 2.24) is 5.32 Å². The summed E-state index contributed by atoms with van der Waals surface area (Å²) in [5.74, 6) is 0. The zero-order valence-electron chi connectivity index (χ0n) is 8.59. The molecule has 0 radical (unpaired) electrons. The lowest BCUT2D eigenvalue weighted by atomic mass is 10.1. The Labute approximate surface area is 93.8 Å². The Bertz CT molecular complexity index is 278. The van der Waals surface area contributed by atoms with E-state index in [-0.39, 0.29) is 0 Å². The minimum atomic E-state index is 0.348. The molecule has 1 aromatic carbocycles. The van der Waals surface area contributed by atoms with Crippen LogP contribution in [0.1, 0.15) is 18.5 Å². The maximum atomic E-state index is 4.98. The first-order valence-electron chi connectivity index (χ1n) is 4.72. The molecule has 0 bridgehead atoms. The molecule has 0 aliphatic carbocycles. The van der Waals surface area contributed by atoms with Crippen LogP contribution in [0, 0.1) is 0 Å². The lowest BCUT2D eigenvalue weighted by Crippen LogP contribution is -2.23. The van der Waals surface area contributed by atoms with Crippen molar-refractivity contribution in [2.45, 2.75) is 13.0 Å². The smallest absolute Gasteiger partial charge is 0.0587 e. The molecule has 0 amide bonds. The van der Waals surface area contributed by atoms with Crippen molar-refractivity contribution in [1.29, 1.82) is 0 Å². The summed E-state index contributed by atoms with van der Waals surface area (Å²) in [6.07, 6.45) is 0. The predicted octanol–water partition coefficient (Wildman–Crippen LogP) is 2.75. The van der Waals surface area contributed by atoms with Gasteiger partial charge in [-0.25, -0.2) is 0 Å². The van der Waals surface area contributed by atoms with Gasteiger partial charge in [-0.15, -0.1) is 0 Å². The van der Waals surface area contributed by atoms with Gasteiger partial charge in [0.2, 0.25) is 0 Å². The van der Waals surface area contributed by atoms with E-state index in [1.54, 1.807) is 7.11 Å². The van der Waals surface area contributed by atoms with Gasteiger partial charge in [0.05, 0.1) is 6.61 Å². The molecule has 0 aliphatic heterocycles. The minimum absolute atomic E-state index is 0.348. The monoisotopic (exact) mass is 257 g/mol. The Morgan fingerprint density at radius 1 is 1.43 bits per heavy atom. The molecule has 0 saturated carbocycles. The molecule has 1 rings (SSSR count). The number of halogens is 1. The lowest BCUT2D eigenvalue weighted by Gasteiger charge is -2.15. The Hall–Kier alpha value is -0.380. The second kappa shape index (κ2) is 6.17. The number of benzene rings is 1. The van der Waals surface area contributed by atoms with E-state index in [1.165, 1.54) is 5.56 Å². The van der Waals surface area contributed by atoms with Gasteiger partial charge in [0.15, 0.2) is 0 Å². The second-order valence-electron chi connectivity index (χ2n) is 3.19. The molecule has 1 aromatic rings. The highest BCUT2D eigenvalue weighted by Gasteiger charge is 2.06. The fourth-order valence-electron chi connectivity index (χ4n) is 1.31. The summed E-state index contributed by atoms with van der Waals surface area (Å²) in [5.41, 5.74) is 1.28. The average molecular weight is 258 g/mol. The van der Waals surface area contributed by atoms with Gasteiger partial charge >= 0.3 is 0 Å². The van der Waals surface area contributed by atoms with Crippen molar-refractivity contribution in [2.24, 2.45) is 0 Å². The SMILES string of the molecule is COCCN[C@H](C)c1ccccc1Br. The maximum Gasteiger partial charge on any atom is 0.0587 e. The molecule has 1 N–H and O–H groups in total. The second-order valence-corrected chi connectivity index (χ2v) is 4.04. The molecule has 2 nitrogen and oxygen atoms in total. The number of nitrogens with one attached hydrogen (secondary N) is 1. The summed E-state index contributed by atoms with van der Waals surface area (Å²) < 4.78 is 6.13. The van der Waals surface area contributed by atoms with E-state index in [0.29, 0.717) is 6.04 Å². The van der Waals surface area contributed by atoms with Crippen molar-refractivity contribution in [3.8, 4) is 0 Å². The highest BCUT2D eigenvalue weighted by atomic mass is 79.9. The standard InChI is InChI=1S/C11H16BrNO/c1-9(13-7-8-14-2)10-5-3-4-6-11(10)12/h3-6,9,13H,7-8H2,1-2H3/t9-/m1/s1. The molecule has 0 aromatic heterocycles. The van der Waals surface area contributed by atoms with E-state index in [1.807, 2.05) is 6.07 Å². The largest absolute Gasteiger partial charge is 0.383 e. The van der Waals surface area contributed by atoms with E-state index in [2.05, 4.69) is 46.4 Å². The molecule has 3 heteroatoms. The zero-order valence-corrected chi connectivity index (χ0v) is 10.2. The van der Waals surface area contributed by atoms with Crippen LogP contribution in [0.3, 0.4) is 0 Å². The summed E-state index contributed by atoms with van der Waals surface area (Å²) in [5, 5.41) is 3.39. The third kappa shape index (κ3) is 3.40. The van der Waals surface area contributed by atoms with Crippen molar-refractivity contribution in [3.05, 3.63) is 34.3 Å². The predicted molar refractivity (Wildman–Crippen MR) is 62.4 cm³/mol. The molecule has 0 saturated heterocycles. The third-order valence-corrected chi connectivity index (χ3v) is 2.85. The molecule has 0 heterocycles. The fourth-order valence-corrected chi connectivity index (χ4v) is 1.94. The van der Waals surface area contributed by atoms with E-state index in [0.717, 1.165) is 17.6 Å². The zero-order chi connectivity index (χ0) is 10.4. The van der Waals surface area contributed by atoms with Crippen LogP contribution in [0.15, 0.2) is 28.7 Å². The van der Waals surface area contributed by atoms with Gasteiger partial charge in [0, 0.05) is 24.2 Å². The Kier molecular flexibility index (Phi) is 5.15. The maximum absolute atomic E-state index is 4.98.